The van der Waals surface area contributed by atoms with Crippen LogP contribution in [-0.4, -0.2) is 39.3 Å². The van der Waals surface area contributed by atoms with Crippen LogP contribution in [0.15, 0.2) is 28.8 Å². The quantitative estimate of drug-likeness (QED) is 0.887. The maximum Gasteiger partial charge on any atom is 0.241 e. The van der Waals surface area contributed by atoms with Crippen molar-refractivity contribution in [1.29, 1.82) is 0 Å². The summed E-state index contributed by atoms with van der Waals surface area (Å²) in [6, 6.07) is 6.50. The van der Waals surface area contributed by atoms with Gasteiger partial charge in [0.15, 0.2) is 0 Å². The Balaban J connectivity index is 1.69. The van der Waals surface area contributed by atoms with E-state index in [-0.39, 0.29) is 12.4 Å². The lowest BCUT2D eigenvalue weighted by molar-refractivity contribution is 0.105. The standard InChI is InChI=1S/C17H22FN3O2/c18-14-8-6-13(7-9-14)17-19-16(23-20-17)12-21(10-11-22)15-4-2-1-3-5-15/h6-9,15,22H,1-5,10-12H2. The number of hydrogen-bond donors (Lipinski definition) is 1. The first kappa shape index (κ1) is 16.1. The molecule has 1 fully saturated rings. The molecular formula is C17H22FN3O2. The van der Waals surface area contributed by atoms with Crippen molar-refractivity contribution >= 4 is 0 Å². The van der Waals surface area contributed by atoms with Crippen molar-refractivity contribution in [2.24, 2.45) is 0 Å². The van der Waals surface area contributed by atoms with E-state index in [1.807, 2.05) is 0 Å². The van der Waals surface area contributed by atoms with Gasteiger partial charge in [0.05, 0.1) is 13.2 Å². The van der Waals surface area contributed by atoms with Crippen LogP contribution in [0.1, 0.15) is 38.0 Å². The Labute approximate surface area is 135 Å². The van der Waals surface area contributed by atoms with Crippen LogP contribution in [-0.2, 0) is 6.54 Å². The normalized spacial score (nSPS) is 16.1. The van der Waals surface area contributed by atoms with Crippen molar-refractivity contribution in [2.75, 3.05) is 13.2 Å². The van der Waals surface area contributed by atoms with Gasteiger partial charge in [-0.05, 0) is 37.1 Å². The van der Waals surface area contributed by atoms with Gasteiger partial charge in [-0.3, -0.25) is 4.90 Å². The van der Waals surface area contributed by atoms with E-state index in [9.17, 15) is 9.50 Å². The van der Waals surface area contributed by atoms with Crippen molar-refractivity contribution in [3.8, 4) is 11.4 Å². The molecule has 0 atom stereocenters. The fraction of sp³-hybridized carbons (Fsp3) is 0.529. The molecule has 2 aromatic rings. The first-order chi connectivity index (χ1) is 11.3. The zero-order chi connectivity index (χ0) is 16.1. The molecule has 1 aromatic heterocycles. The van der Waals surface area contributed by atoms with E-state index in [4.69, 9.17) is 4.52 Å². The minimum Gasteiger partial charge on any atom is -0.395 e. The monoisotopic (exact) mass is 319 g/mol. The van der Waals surface area contributed by atoms with Crippen LogP contribution in [0.25, 0.3) is 11.4 Å². The van der Waals surface area contributed by atoms with Gasteiger partial charge in [0.1, 0.15) is 5.82 Å². The van der Waals surface area contributed by atoms with Crippen molar-refractivity contribution in [1.82, 2.24) is 15.0 Å². The number of halogens is 1. The lowest BCUT2D eigenvalue weighted by Crippen LogP contribution is -2.38. The molecule has 1 saturated carbocycles. The Morgan fingerprint density at radius 3 is 2.61 bits per heavy atom. The second kappa shape index (κ2) is 7.66. The minimum absolute atomic E-state index is 0.120. The third-order valence-electron chi connectivity index (χ3n) is 4.39. The van der Waals surface area contributed by atoms with E-state index in [0.29, 0.717) is 30.8 Å². The lowest BCUT2D eigenvalue weighted by atomic mass is 9.94. The second-order valence-electron chi connectivity index (χ2n) is 6.00. The van der Waals surface area contributed by atoms with E-state index in [1.54, 1.807) is 12.1 Å². The van der Waals surface area contributed by atoms with Crippen molar-refractivity contribution < 1.29 is 14.0 Å². The molecule has 1 heterocycles. The number of rotatable bonds is 6. The van der Waals surface area contributed by atoms with Crippen LogP contribution < -0.4 is 0 Å². The first-order valence-corrected chi connectivity index (χ1v) is 8.19. The van der Waals surface area contributed by atoms with Gasteiger partial charge < -0.3 is 9.63 Å². The highest BCUT2D eigenvalue weighted by Gasteiger charge is 2.23. The summed E-state index contributed by atoms with van der Waals surface area (Å²) in [7, 11) is 0. The highest BCUT2D eigenvalue weighted by Crippen LogP contribution is 2.24. The number of hydrogen-bond acceptors (Lipinski definition) is 5. The Morgan fingerprint density at radius 1 is 1.17 bits per heavy atom. The average Bonchev–Trinajstić information content (AvgIpc) is 3.04. The molecule has 1 aliphatic carbocycles. The van der Waals surface area contributed by atoms with Gasteiger partial charge in [-0.2, -0.15) is 4.98 Å². The fourth-order valence-corrected chi connectivity index (χ4v) is 3.17. The molecular weight excluding hydrogens is 297 g/mol. The Hall–Kier alpha value is -1.79. The molecule has 23 heavy (non-hydrogen) atoms. The Kier molecular flexibility index (Phi) is 5.35. The second-order valence-corrected chi connectivity index (χ2v) is 6.00. The molecule has 0 amide bonds. The first-order valence-electron chi connectivity index (χ1n) is 8.19. The molecule has 0 unspecified atom stereocenters. The zero-order valence-electron chi connectivity index (χ0n) is 13.1. The summed E-state index contributed by atoms with van der Waals surface area (Å²) in [5.41, 5.74) is 0.729. The predicted molar refractivity (Wildman–Crippen MR) is 84.1 cm³/mol. The maximum absolute atomic E-state index is 13.0. The minimum atomic E-state index is -0.288. The highest BCUT2D eigenvalue weighted by atomic mass is 19.1. The number of aliphatic hydroxyl groups is 1. The van der Waals surface area contributed by atoms with Crippen molar-refractivity contribution in [3.63, 3.8) is 0 Å². The van der Waals surface area contributed by atoms with Crippen LogP contribution in [0.5, 0.6) is 0 Å². The Bertz CT molecular complexity index is 609. The summed E-state index contributed by atoms with van der Waals surface area (Å²) in [5, 5.41) is 13.3. The molecule has 1 N–H and O–H groups in total. The van der Waals surface area contributed by atoms with Crippen LogP contribution in [0.4, 0.5) is 4.39 Å². The molecule has 0 spiro atoms. The van der Waals surface area contributed by atoms with Crippen molar-refractivity contribution in [2.45, 2.75) is 44.7 Å². The molecule has 0 aliphatic heterocycles. The van der Waals surface area contributed by atoms with Crippen LogP contribution in [0.3, 0.4) is 0 Å². The topological polar surface area (TPSA) is 62.4 Å². The van der Waals surface area contributed by atoms with Crippen molar-refractivity contribution in [3.05, 3.63) is 36.0 Å². The SMILES string of the molecule is OCCN(Cc1nc(-c2ccc(F)cc2)no1)C1CCCCC1. The number of benzene rings is 1. The van der Waals surface area contributed by atoms with Gasteiger partial charge in [0, 0.05) is 18.2 Å². The molecule has 3 rings (SSSR count). The van der Waals surface area contributed by atoms with Gasteiger partial charge in [0.2, 0.25) is 11.7 Å². The lowest BCUT2D eigenvalue weighted by Gasteiger charge is -2.32. The largest absolute Gasteiger partial charge is 0.395 e. The van der Waals surface area contributed by atoms with Gasteiger partial charge in [-0.15, -0.1) is 0 Å². The number of nitrogens with zero attached hydrogens (tertiary/aromatic N) is 3. The maximum atomic E-state index is 13.0. The predicted octanol–water partition coefficient (Wildman–Crippen LogP) is 3.00. The molecule has 0 saturated heterocycles. The summed E-state index contributed by atoms with van der Waals surface area (Å²) in [5.74, 6) is 0.708. The van der Waals surface area contributed by atoms with Gasteiger partial charge in [-0.25, -0.2) is 4.39 Å². The average molecular weight is 319 g/mol. The van der Waals surface area contributed by atoms with Crippen LogP contribution >= 0.6 is 0 Å². The smallest absolute Gasteiger partial charge is 0.241 e. The van der Waals surface area contributed by atoms with Gasteiger partial charge in [-0.1, -0.05) is 24.4 Å². The molecule has 0 radical (unpaired) electrons. The number of aliphatic hydroxyl groups excluding tert-OH is 1. The van der Waals surface area contributed by atoms with E-state index in [1.165, 1.54) is 31.4 Å². The van der Waals surface area contributed by atoms with E-state index < -0.39 is 0 Å². The van der Waals surface area contributed by atoms with Gasteiger partial charge in [0.25, 0.3) is 0 Å². The third-order valence-corrected chi connectivity index (χ3v) is 4.39. The summed E-state index contributed by atoms with van der Waals surface area (Å²) in [6.07, 6.45) is 6.06. The third kappa shape index (κ3) is 4.14. The summed E-state index contributed by atoms with van der Waals surface area (Å²) < 4.78 is 18.3. The van der Waals surface area contributed by atoms with E-state index >= 15 is 0 Å². The molecule has 1 aromatic carbocycles. The van der Waals surface area contributed by atoms with E-state index in [0.717, 1.165) is 18.4 Å². The highest BCUT2D eigenvalue weighted by molar-refractivity contribution is 5.53. The summed E-state index contributed by atoms with van der Waals surface area (Å²) in [4.78, 5) is 6.63. The molecule has 6 heteroatoms. The van der Waals surface area contributed by atoms with Crippen LogP contribution in [0, 0.1) is 5.82 Å². The molecule has 5 nitrogen and oxygen atoms in total. The van der Waals surface area contributed by atoms with E-state index in [2.05, 4.69) is 15.0 Å². The van der Waals surface area contributed by atoms with Crippen LogP contribution in [0.2, 0.25) is 0 Å². The summed E-state index contributed by atoms with van der Waals surface area (Å²) in [6.45, 7) is 1.27. The summed E-state index contributed by atoms with van der Waals surface area (Å²) >= 11 is 0. The zero-order valence-corrected chi connectivity index (χ0v) is 13.1. The Morgan fingerprint density at radius 2 is 1.91 bits per heavy atom. The number of aromatic nitrogens is 2. The fourth-order valence-electron chi connectivity index (χ4n) is 3.17. The molecule has 124 valence electrons. The van der Waals surface area contributed by atoms with Gasteiger partial charge >= 0.3 is 0 Å². The molecule has 0 bridgehead atoms. The molecule has 1 aliphatic rings.